The van der Waals surface area contributed by atoms with Crippen LogP contribution in [-0.4, -0.2) is 17.0 Å². The van der Waals surface area contributed by atoms with Crippen LogP contribution in [0.1, 0.15) is 26.3 Å². The summed E-state index contributed by atoms with van der Waals surface area (Å²) in [4.78, 5) is 22.1. The van der Waals surface area contributed by atoms with Gasteiger partial charge in [0, 0.05) is 17.2 Å². The molecule has 0 spiro atoms. The minimum absolute atomic E-state index is 0.0590. The predicted molar refractivity (Wildman–Crippen MR) is 71.2 cm³/mol. The molecule has 0 aliphatic carbocycles. The highest BCUT2D eigenvalue weighted by atomic mass is 16.4. The molecule has 0 saturated carbocycles. The maximum absolute atomic E-state index is 11.7. The van der Waals surface area contributed by atoms with Crippen LogP contribution < -0.4 is 5.32 Å². The van der Waals surface area contributed by atoms with Crippen molar-refractivity contribution in [1.29, 1.82) is 0 Å². The van der Waals surface area contributed by atoms with Gasteiger partial charge in [-0.2, -0.15) is 0 Å². The van der Waals surface area contributed by atoms with Crippen LogP contribution in [0.2, 0.25) is 0 Å². The van der Waals surface area contributed by atoms with Gasteiger partial charge in [0.15, 0.2) is 0 Å². The van der Waals surface area contributed by atoms with Crippen molar-refractivity contribution in [2.24, 2.45) is 5.41 Å². The number of hydrogen-bond donors (Lipinski definition) is 2. The van der Waals surface area contributed by atoms with Crippen molar-refractivity contribution in [1.82, 2.24) is 0 Å². The Balaban J connectivity index is 2.72. The third-order valence-corrected chi connectivity index (χ3v) is 2.27. The van der Waals surface area contributed by atoms with Crippen molar-refractivity contribution in [3.05, 3.63) is 35.9 Å². The van der Waals surface area contributed by atoms with Gasteiger partial charge in [0.1, 0.15) is 0 Å². The number of anilines is 1. The zero-order chi connectivity index (χ0) is 13.8. The molecule has 1 rings (SSSR count). The molecule has 1 aromatic rings. The highest BCUT2D eigenvalue weighted by Crippen LogP contribution is 2.18. The fraction of sp³-hybridized carbons (Fsp3) is 0.286. The van der Waals surface area contributed by atoms with Crippen LogP contribution in [0, 0.1) is 5.41 Å². The number of hydrogen-bond acceptors (Lipinski definition) is 2. The molecule has 96 valence electrons. The molecule has 0 atom stereocenters. The highest BCUT2D eigenvalue weighted by molar-refractivity contribution is 5.94. The molecular formula is C14H17NO3. The second-order valence-electron chi connectivity index (χ2n) is 5.00. The third-order valence-electron chi connectivity index (χ3n) is 2.27. The van der Waals surface area contributed by atoms with E-state index in [4.69, 9.17) is 5.11 Å². The number of amides is 1. The molecule has 4 nitrogen and oxygen atoms in total. The first-order valence-electron chi connectivity index (χ1n) is 5.61. The second kappa shape index (κ2) is 5.49. The monoisotopic (exact) mass is 247 g/mol. The number of aliphatic carboxylic acids is 1. The van der Waals surface area contributed by atoms with Gasteiger partial charge in [0.05, 0.1) is 0 Å². The first-order valence-corrected chi connectivity index (χ1v) is 5.61. The average Bonchev–Trinajstić information content (AvgIpc) is 2.26. The van der Waals surface area contributed by atoms with E-state index in [9.17, 15) is 9.59 Å². The van der Waals surface area contributed by atoms with E-state index < -0.39 is 11.4 Å². The topological polar surface area (TPSA) is 66.4 Å². The summed E-state index contributed by atoms with van der Waals surface area (Å²) in [6.07, 6.45) is 2.57. The summed E-state index contributed by atoms with van der Waals surface area (Å²) in [6, 6.07) is 6.98. The zero-order valence-corrected chi connectivity index (χ0v) is 10.7. The lowest BCUT2D eigenvalue weighted by atomic mass is 9.95. The number of rotatable bonds is 3. The summed E-state index contributed by atoms with van der Waals surface area (Å²) >= 11 is 0. The Labute approximate surface area is 106 Å². The molecular weight excluding hydrogens is 230 g/mol. The Kier molecular flexibility index (Phi) is 4.26. The van der Waals surface area contributed by atoms with Crippen molar-refractivity contribution < 1.29 is 14.7 Å². The van der Waals surface area contributed by atoms with Crippen molar-refractivity contribution in [2.45, 2.75) is 20.8 Å². The average molecular weight is 247 g/mol. The van der Waals surface area contributed by atoms with Crippen molar-refractivity contribution in [3.8, 4) is 0 Å². The number of benzene rings is 1. The van der Waals surface area contributed by atoms with Gasteiger partial charge in [0.2, 0.25) is 5.91 Å². The number of nitrogens with one attached hydrogen (secondary N) is 1. The van der Waals surface area contributed by atoms with Gasteiger partial charge in [0.25, 0.3) is 0 Å². The predicted octanol–water partition coefficient (Wildman–Crippen LogP) is 2.77. The van der Waals surface area contributed by atoms with Crippen LogP contribution in [-0.2, 0) is 9.59 Å². The van der Waals surface area contributed by atoms with E-state index in [-0.39, 0.29) is 5.91 Å². The Hall–Kier alpha value is -2.10. The number of carbonyl (C=O) groups excluding carboxylic acids is 1. The summed E-state index contributed by atoms with van der Waals surface area (Å²) in [5, 5.41) is 11.3. The smallest absolute Gasteiger partial charge is 0.328 e. The minimum Gasteiger partial charge on any atom is -0.478 e. The largest absolute Gasteiger partial charge is 0.478 e. The Morgan fingerprint density at radius 1 is 1.17 bits per heavy atom. The molecule has 0 saturated heterocycles. The van der Waals surface area contributed by atoms with Crippen molar-refractivity contribution in [3.63, 3.8) is 0 Å². The standard InChI is InChI=1S/C14H17NO3/c1-14(2,3)13(18)15-11-7-4-10(5-8-11)6-9-12(16)17/h4-9H,1-3H3,(H,15,18)(H,16,17)/b9-6+. The van der Waals surface area contributed by atoms with Gasteiger partial charge in [-0.3, -0.25) is 4.79 Å². The molecule has 0 radical (unpaired) electrons. The molecule has 0 aliphatic rings. The number of carboxylic acid groups (broad SMARTS) is 1. The quantitative estimate of drug-likeness (QED) is 0.807. The number of carboxylic acids is 1. The van der Waals surface area contributed by atoms with Crippen LogP contribution >= 0.6 is 0 Å². The van der Waals surface area contributed by atoms with Crippen molar-refractivity contribution >= 4 is 23.6 Å². The van der Waals surface area contributed by atoms with E-state index in [1.807, 2.05) is 20.8 Å². The van der Waals surface area contributed by atoms with E-state index in [1.165, 1.54) is 6.08 Å². The fourth-order valence-electron chi connectivity index (χ4n) is 1.16. The normalized spacial score (nSPS) is 11.5. The van der Waals surface area contributed by atoms with Crippen LogP contribution in [0.5, 0.6) is 0 Å². The van der Waals surface area contributed by atoms with Gasteiger partial charge in [-0.25, -0.2) is 4.79 Å². The molecule has 1 amide bonds. The molecule has 0 aromatic heterocycles. The van der Waals surface area contributed by atoms with Gasteiger partial charge in [-0.15, -0.1) is 0 Å². The van der Waals surface area contributed by atoms with E-state index in [0.29, 0.717) is 5.69 Å². The SMILES string of the molecule is CC(C)(C)C(=O)Nc1ccc(/C=C/C(=O)O)cc1. The number of carbonyl (C=O) groups is 2. The lowest BCUT2D eigenvalue weighted by molar-refractivity contribution is -0.131. The first kappa shape index (κ1) is 14.0. The Bertz CT molecular complexity index is 467. The van der Waals surface area contributed by atoms with Gasteiger partial charge < -0.3 is 10.4 Å². The summed E-state index contributed by atoms with van der Waals surface area (Å²) < 4.78 is 0. The second-order valence-corrected chi connectivity index (χ2v) is 5.00. The molecule has 18 heavy (non-hydrogen) atoms. The molecule has 0 heterocycles. The Morgan fingerprint density at radius 2 is 1.72 bits per heavy atom. The zero-order valence-electron chi connectivity index (χ0n) is 10.7. The first-order chi connectivity index (χ1) is 8.29. The van der Waals surface area contributed by atoms with E-state index in [0.717, 1.165) is 11.6 Å². The summed E-state index contributed by atoms with van der Waals surface area (Å²) in [5.41, 5.74) is 1.02. The van der Waals surface area contributed by atoms with Crippen LogP contribution in [0.3, 0.4) is 0 Å². The third kappa shape index (κ3) is 4.41. The van der Waals surface area contributed by atoms with E-state index >= 15 is 0 Å². The molecule has 2 N–H and O–H groups in total. The summed E-state index contributed by atoms with van der Waals surface area (Å²) in [6.45, 7) is 5.52. The highest BCUT2D eigenvalue weighted by Gasteiger charge is 2.20. The molecule has 0 fully saturated rings. The molecule has 0 aliphatic heterocycles. The van der Waals surface area contributed by atoms with Crippen LogP contribution in [0.4, 0.5) is 5.69 Å². The fourth-order valence-corrected chi connectivity index (χ4v) is 1.16. The van der Waals surface area contributed by atoms with E-state index in [2.05, 4.69) is 5.32 Å². The van der Waals surface area contributed by atoms with E-state index in [1.54, 1.807) is 24.3 Å². The lowest BCUT2D eigenvalue weighted by Gasteiger charge is -2.17. The molecule has 0 bridgehead atoms. The molecule has 4 heteroatoms. The van der Waals surface area contributed by atoms with Crippen LogP contribution in [0.25, 0.3) is 6.08 Å². The lowest BCUT2D eigenvalue weighted by Crippen LogP contribution is -2.27. The molecule has 0 unspecified atom stereocenters. The van der Waals surface area contributed by atoms with Gasteiger partial charge >= 0.3 is 5.97 Å². The van der Waals surface area contributed by atoms with Gasteiger partial charge in [-0.1, -0.05) is 32.9 Å². The van der Waals surface area contributed by atoms with Crippen LogP contribution in [0.15, 0.2) is 30.3 Å². The minimum atomic E-state index is -0.986. The summed E-state index contributed by atoms with van der Waals surface area (Å²) in [7, 11) is 0. The Morgan fingerprint density at radius 3 is 2.17 bits per heavy atom. The maximum Gasteiger partial charge on any atom is 0.328 e. The maximum atomic E-state index is 11.7. The van der Waals surface area contributed by atoms with Gasteiger partial charge in [-0.05, 0) is 23.8 Å². The van der Waals surface area contributed by atoms with Crippen molar-refractivity contribution in [2.75, 3.05) is 5.32 Å². The summed E-state index contributed by atoms with van der Waals surface area (Å²) in [5.74, 6) is -1.04. The molecule has 1 aromatic carbocycles.